The van der Waals surface area contributed by atoms with E-state index in [0.29, 0.717) is 11.5 Å². The molecule has 1 saturated heterocycles. The van der Waals surface area contributed by atoms with Crippen LogP contribution in [-0.2, 0) is 9.84 Å². The third-order valence-corrected chi connectivity index (χ3v) is 5.53. The molecule has 1 fully saturated rings. The minimum Gasteiger partial charge on any atom is -0.343 e. The molecule has 1 unspecified atom stereocenters. The maximum Gasteiger partial charge on any atom is 0.272 e. The molecule has 1 aliphatic heterocycles. The zero-order chi connectivity index (χ0) is 19.4. The zero-order valence-electron chi connectivity index (χ0n) is 14.9. The number of amides is 1. The predicted octanol–water partition coefficient (Wildman–Crippen LogP) is 2.25. The van der Waals surface area contributed by atoms with Crippen LogP contribution >= 0.6 is 11.6 Å². The summed E-state index contributed by atoms with van der Waals surface area (Å²) in [6.45, 7) is 1.67. The molecule has 144 valence electrons. The fourth-order valence-electron chi connectivity index (χ4n) is 3.02. The van der Waals surface area contributed by atoms with Gasteiger partial charge in [0.1, 0.15) is 9.84 Å². The Labute approximate surface area is 163 Å². The van der Waals surface area contributed by atoms with E-state index in [1.165, 1.54) is 6.20 Å². The van der Waals surface area contributed by atoms with Gasteiger partial charge in [0, 0.05) is 19.3 Å². The fourth-order valence-corrected chi connectivity index (χ4v) is 4.08. The fraction of sp³-hybridized carbons (Fsp3) is 0.389. The van der Waals surface area contributed by atoms with Crippen LogP contribution in [0.1, 0.15) is 34.9 Å². The number of benzene rings is 1. The van der Waals surface area contributed by atoms with Crippen molar-refractivity contribution < 1.29 is 13.2 Å². The van der Waals surface area contributed by atoms with Crippen LogP contribution in [0.4, 0.5) is 5.95 Å². The Kier molecular flexibility index (Phi) is 5.96. The van der Waals surface area contributed by atoms with E-state index in [-0.39, 0.29) is 16.5 Å². The first-order valence-corrected chi connectivity index (χ1v) is 11.1. The maximum atomic E-state index is 12.8. The second-order valence-electron chi connectivity index (χ2n) is 6.59. The molecule has 0 bridgehead atoms. The van der Waals surface area contributed by atoms with Crippen LogP contribution in [0.15, 0.2) is 36.5 Å². The highest BCUT2D eigenvalue weighted by Gasteiger charge is 2.24. The summed E-state index contributed by atoms with van der Waals surface area (Å²) in [7, 11) is -3.32. The standard InChI is InChI=1S/C18H21ClN4O3S/c1-27(25,26)12-15(13-7-3-2-4-8-13)21-17(24)16-14(19)11-20-18(22-16)23-9-5-6-10-23/h2-4,7-8,11,15H,5-6,9-10,12H2,1H3,(H,21,24). The van der Waals surface area contributed by atoms with Crippen molar-refractivity contribution in [3.8, 4) is 0 Å². The molecule has 2 heterocycles. The molecule has 27 heavy (non-hydrogen) atoms. The Morgan fingerprint density at radius 2 is 1.93 bits per heavy atom. The quantitative estimate of drug-likeness (QED) is 0.788. The normalized spacial score (nSPS) is 15.6. The van der Waals surface area contributed by atoms with Gasteiger partial charge >= 0.3 is 0 Å². The van der Waals surface area contributed by atoms with E-state index in [4.69, 9.17) is 11.6 Å². The number of nitrogens with one attached hydrogen (secondary N) is 1. The van der Waals surface area contributed by atoms with E-state index in [0.717, 1.165) is 32.2 Å². The highest BCUT2D eigenvalue weighted by molar-refractivity contribution is 7.90. The smallest absolute Gasteiger partial charge is 0.272 e. The van der Waals surface area contributed by atoms with Gasteiger partial charge in [-0.2, -0.15) is 0 Å². The number of sulfone groups is 1. The van der Waals surface area contributed by atoms with E-state index >= 15 is 0 Å². The average Bonchev–Trinajstić information content (AvgIpc) is 3.16. The Hall–Kier alpha value is -2.19. The number of hydrogen-bond donors (Lipinski definition) is 1. The number of rotatable bonds is 6. The third kappa shape index (κ3) is 5.17. The summed E-state index contributed by atoms with van der Waals surface area (Å²) < 4.78 is 23.6. The molecule has 1 atom stereocenters. The van der Waals surface area contributed by atoms with Gasteiger partial charge in [-0.15, -0.1) is 0 Å². The topological polar surface area (TPSA) is 92.3 Å². The van der Waals surface area contributed by atoms with Gasteiger partial charge in [0.25, 0.3) is 5.91 Å². The van der Waals surface area contributed by atoms with Crippen LogP contribution in [-0.4, -0.2) is 49.4 Å². The van der Waals surface area contributed by atoms with Gasteiger partial charge in [-0.25, -0.2) is 18.4 Å². The van der Waals surface area contributed by atoms with Crippen LogP contribution < -0.4 is 10.2 Å². The van der Waals surface area contributed by atoms with Gasteiger partial charge in [0.15, 0.2) is 5.69 Å². The average molecular weight is 409 g/mol. The summed E-state index contributed by atoms with van der Waals surface area (Å²) >= 11 is 6.14. The number of carbonyl (C=O) groups is 1. The Morgan fingerprint density at radius 3 is 2.56 bits per heavy atom. The molecule has 2 aromatic rings. The third-order valence-electron chi connectivity index (χ3n) is 4.31. The van der Waals surface area contributed by atoms with Crippen LogP contribution in [0.5, 0.6) is 0 Å². The molecule has 1 aliphatic rings. The van der Waals surface area contributed by atoms with E-state index in [1.807, 2.05) is 11.0 Å². The molecule has 1 aromatic carbocycles. The molecule has 7 nitrogen and oxygen atoms in total. The molecule has 3 rings (SSSR count). The predicted molar refractivity (Wildman–Crippen MR) is 105 cm³/mol. The first-order chi connectivity index (χ1) is 12.8. The van der Waals surface area contributed by atoms with Crippen molar-refractivity contribution in [2.45, 2.75) is 18.9 Å². The second-order valence-corrected chi connectivity index (χ2v) is 9.18. The van der Waals surface area contributed by atoms with E-state index in [9.17, 15) is 13.2 Å². The zero-order valence-corrected chi connectivity index (χ0v) is 16.5. The van der Waals surface area contributed by atoms with Crippen molar-refractivity contribution in [2.24, 2.45) is 0 Å². The summed E-state index contributed by atoms with van der Waals surface area (Å²) in [6.07, 6.45) is 4.65. The van der Waals surface area contributed by atoms with Crippen molar-refractivity contribution in [3.63, 3.8) is 0 Å². The van der Waals surface area contributed by atoms with Crippen LogP contribution in [0.25, 0.3) is 0 Å². The molecular weight excluding hydrogens is 388 g/mol. The molecule has 1 aromatic heterocycles. The summed E-state index contributed by atoms with van der Waals surface area (Å²) in [5.74, 6) is -0.286. The Bertz CT molecular complexity index is 915. The lowest BCUT2D eigenvalue weighted by Crippen LogP contribution is -2.34. The molecule has 0 radical (unpaired) electrons. The van der Waals surface area contributed by atoms with Crippen molar-refractivity contribution in [1.29, 1.82) is 0 Å². The largest absolute Gasteiger partial charge is 0.343 e. The summed E-state index contributed by atoms with van der Waals surface area (Å²) in [5, 5.41) is 2.88. The number of anilines is 1. The van der Waals surface area contributed by atoms with Crippen molar-refractivity contribution in [1.82, 2.24) is 15.3 Å². The highest BCUT2D eigenvalue weighted by Crippen LogP contribution is 2.21. The van der Waals surface area contributed by atoms with Crippen molar-refractivity contribution >= 4 is 33.3 Å². The first kappa shape index (κ1) is 19.6. The minimum absolute atomic E-state index is 0.0444. The number of aromatic nitrogens is 2. The van der Waals surface area contributed by atoms with Gasteiger partial charge in [-0.3, -0.25) is 4.79 Å². The maximum absolute atomic E-state index is 12.8. The van der Waals surface area contributed by atoms with Gasteiger partial charge < -0.3 is 10.2 Å². The van der Waals surface area contributed by atoms with E-state index in [2.05, 4.69) is 15.3 Å². The van der Waals surface area contributed by atoms with Crippen molar-refractivity contribution in [3.05, 3.63) is 52.8 Å². The SMILES string of the molecule is CS(=O)(=O)CC(NC(=O)c1nc(N2CCCC2)ncc1Cl)c1ccccc1. The lowest BCUT2D eigenvalue weighted by atomic mass is 10.1. The Balaban J connectivity index is 1.86. The van der Waals surface area contributed by atoms with Crippen LogP contribution in [0.3, 0.4) is 0 Å². The van der Waals surface area contributed by atoms with Crippen LogP contribution in [0, 0.1) is 0 Å². The molecule has 0 aliphatic carbocycles. The molecule has 9 heteroatoms. The molecule has 0 spiro atoms. The summed E-state index contributed by atoms with van der Waals surface area (Å²) in [6, 6.07) is 8.25. The summed E-state index contributed by atoms with van der Waals surface area (Å²) in [5.41, 5.74) is 0.740. The first-order valence-electron chi connectivity index (χ1n) is 8.64. The molecule has 0 saturated carbocycles. The summed E-state index contributed by atoms with van der Waals surface area (Å²) in [4.78, 5) is 23.3. The number of nitrogens with zero attached hydrogens (tertiary/aromatic N) is 3. The lowest BCUT2D eigenvalue weighted by Gasteiger charge is -2.20. The monoisotopic (exact) mass is 408 g/mol. The highest BCUT2D eigenvalue weighted by atomic mass is 35.5. The minimum atomic E-state index is -3.32. The number of hydrogen-bond acceptors (Lipinski definition) is 6. The van der Waals surface area contributed by atoms with Crippen molar-refractivity contribution in [2.75, 3.05) is 30.0 Å². The molecule has 1 amide bonds. The Morgan fingerprint density at radius 1 is 1.26 bits per heavy atom. The second kappa shape index (κ2) is 8.22. The number of carbonyl (C=O) groups excluding carboxylic acids is 1. The van der Waals surface area contributed by atoms with Crippen LogP contribution in [0.2, 0.25) is 5.02 Å². The number of halogens is 1. The van der Waals surface area contributed by atoms with Gasteiger partial charge in [0.05, 0.1) is 23.0 Å². The molecular formula is C18H21ClN4O3S. The molecule has 1 N–H and O–H groups in total. The van der Waals surface area contributed by atoms with Gasteiger partial charge in [-0.1, -0.05) is 41.9 Å². The van der Waals surface area contributed by atoms with Gasteiger partial charge in [0.2, 0.25) is 5.95 Å². The van der Waals surface area contributed by atoms with E-state index < -0.39 is 21.8 Å². The lowest BCUT2D eigenvalue weighted by molar-refractivity contribution is 0.0935. The van der Waals surface area contributed by atoms with Gasteiger partial charge in [-0.05, 0) is 18.4 Å². The van der Waals surface area contributed by atoms with E-state index in [1.54, 1.807) is 24.3 Å².